The zero-order valence-electron chi connectivity index (χ0n) is 11.1. The van der Waals surface area contributed by atoms with Gasteiger partial charge in [-0.15, -0.1) is 0 Å². The largest absolute Gasteiger partial charge is 0.497 e. The molecule has 0 saturated carbocycles. The molecular formula is C15H11NO5. The third-order valence-corrected chi connectivity index (χ3v) is 2.92. The van der Waals surface area contributed by atoms with Crippen molar-refractivity contribution in [2.45, 2.75) is 0 Å². The third kappa shape index (κ3) is 2.38. The van der Waals surface area contributed by atoms with Crippen LogP contribution in [0.1, 0.15) is 0 Å². The molecule has 0 bridgehead atoms. The van der Waals surface area contributed by atoms with Gasteiger partial charge in [-0.3, -0.25) is 0 Å². The molecule has 0 radical (unpaired) electrons. The zero-order chi connectivity index (χ0) is 14.8. The van der Waals surface area contributed by atoms with Crippen molar-refractivity contribution >= 4 is 17.2 Å². The van der Waals surface area contributed by atoms with Gasteiger partial charge < -0.3 is 13.9 Å². The Morgan fingerprint density at radius 3 is 2.57 bits per heavy atom. The average molecular weight is 285 g/mol. The standard InChI is InChI=1S/C15H11NO5/c1-19-11-7-8-12-13(9-11)21-15(18)16(12)14(17)20-10-5-3-2-4-6-10/h2-9H,1H3. The first kappa shape index (κ1) is 13.0. The number of hydrogen-bond acceptors (Lipinski definition) is 5. The molecule has 0 spiro atoms. The fourth-order valence-corrected chi connectivity index (χ4v) is 1.93. The van der Waals surface area contributed by atoms with E-state index in [0.29, 0.717) is 17.0 Å². The smallest absolute Gasteiger partial charge is 0.429 e. The highest BCUT2D eigenvalue weighted by Crippen LogP contribution is 2.20. The summed E-state index contributed by atoms with van der Waals surface area (Å²) in [6.07, 6.45) is -0.824. The molecule has 1 heterocycles. The van der Waals surface area contributed by atoms with Crippen molar-refractivity contribution in [1.82, 2.24) is 4.57 Å². The lowest BCUT2D eigenvalue weighted by Gasteiger charge is -2.03. The topological polar surface area (TPSA) is 70.7 Å². The Morgan fingerprint density at radius 2 is 1.86 bits per heavy atom. The summed E-state index contributed by atoms with van der Waals surface area (Å²) < 4.78 is 16.0. The molecule has 2 aromatic carbocycles. The molecule has 106 valence electrons. The van der Waals surface area contributed by atoms with Gasteiger partial charge in [0.05, 0.1) is 7.11 Å². The van der Waals surface area contributed by atoms with E-state index in [4.69, 9.17) is 13.9 Å². The van der Waals surface area contributed by atoms with Gasteiger partial charge in [0.2, 0.25) is 0 Å². The van der Waals surface area contributed by atoms with Crippen LogP contribution < -0.4 is 15.2 Å². The van der Waals surface area contributed by atoms with E-state index in [2.05, 4.69) is 0 Å². The summed E-state index contributed by atoms with van der Waals surface area (Å²) >= 11 is 0. The van der Waals surface area contributed by atoms with E-state index in [1.807, 2.05) is 0 Å². The lowest BCUT2D eigenvalue weighted by Crippen LogP contribution is -2.26. The van der Waals surface area contributed by atoms with Gasteiger partial charge in [-0.05, 0) is 24.3 Å². The number of methoxy groups -OCH3 is 1. The fourth-order valence-electron chi connectivity index (χ4n) is 1.93. The van der Waals surface area contributed by atoms with Gasteiger partial charge in [0.1, 0.15) is 17.0 Å². The summed E-state index contributed by atoms with van der Waals surface area (Å²) in [4.78, 5) is 23.9. The predicted octanol–water partition coefficient (Wildman–Crippen LogP) is 2.65. The van der Waals surface area contributed by atoms with Gasteiger partial charge in [0.15, 0.2) is 5.58 Å². The monoisotopic (exact) mass is 285 g/mol. The van der Waals surface area contributed by atoms with Crippen LogP contribution in [0.25, 0.3) is 11.1 Å². The van der Waals surface area contributed by atoms with E-state index in [9.17, 15) is 9.59 Å². The third-order valence-electron chi connectivity index (χ3n) is 2.92. The highest BCUT2D eigenvalue weighted by Gasteiger charge is 2.18. The van der Waals surface area contributed by atoms with Crippen molar-refractivity contribution in [3.05, 3.63) is 59.1 Å². The Kier molecular flexibility index (Phi) is 3.19. The molecule has 0 amide bonds. The van der Waals surface area contributed by atoms with Crippen molar-refractivity contribution < 1.29 is 18.7 Å². The van der Waals surface area contributed by atoms with E-state index in [0.717, 1.165) is 4.57 Å². The first-order valence-electron chi connectivity index (χ1n) is 6.16. The highest BCUT2D eigenvalue weighted by molar-refractivity contribution is 5.86. The number of aromatic nitrogens is 1. The molecular weight excluding hydrogens is 274 g/mol. The maximum Gasteiger partial charge on any atom is 0.429 e. The molecule has 3 aromatic rings. The minimum absolute atomic E-state index is 0.254. The van der Waals surface area contributed by atoms with Gasteiger partial charge in [-0.2, -0.15) is 4.57 Å². The number of para-hydroxylation sites is 1. The van der Waals surface area contributed by atoms with Gasteiger partial charge in [-0.25, -0.2) is 9.59 Å². The normalized spacial score (nSPS) is 10.5. The van der Waals surface area contributed by atoms with Gasteiger partial charge >= 0.3 is 11.8 Å². The SMILES string of the molecule is COc1ccc2c(c1)oc(=O)n2C(=O)Oc1ccccc1. The number of nitrogens with zero attached hydrogens (tertiary/aromatic N) is 1. The number of benzene rings is 2. The second kappa shape index (κ2) is 5.16. The predicted molar refractivity (Wildman–Crippen MR) is 74.9 cm³/mol. The Hall–Kier alpha value is -3.02. The summed E-state index contributed by atoms with van der Waals surface area (Å²) in [5.41, 5.74) is 0.575. The first-order valence-corrected chi connectivity index (χ1v) is 6.16. The molecule has 0 aliphatic rings. The zero-order valence-corrected chi connectivity index (χ0v) is 11.1. The second-order valence-electron chi connectivity index (χ2n) is 4.22. The second-order valence-corrected chi connectivity index (χ2v) is 4.22. The molecule has 0 aliphatic carbocycles. The van der Waals surface area contributed by atoms with Crippen molar-refractivity contribution in [3.63, 3.8) is 0 Å². The number of oxazole rings is 1. The van der Waals surface area contributed by atoms with Crippen LogP contribution in [0.2, 0.25) is 0 Å². The average Bonchev–Trinajstić information content (AvgIpc) is 2.83. The maximum atomic E-state index is 12.1. The van der Waals surface area contributed by atoms with Gasteiger partial charge in [0, 0.05) is 6.07 Å². The van der Waals surface area contributed by atoms with Crippen molar-refractivity contribution in [2.24, 2.45) is 0 Å². The van der Waals surface area contributed by atoms with Gasteiger partial charge in [-0.1, -0.05) is 18.2 Å². The molecule has 6 heteroatoms. The first-order chi connectivity index (χ1) is 10.2. The van der Waals surface area contributed by atoms with Crippen LogP contribution in [0.4, 0.5) is 4.79 Å². The van der Waals surface area contributed by atoms with Crippen LogP contribution in [0.15, 0.2) is 57.7 Å². The summed E-state index contributed by atoms with van der Waals surface area (Å²) in [6.45, 7) is 0. The molecule has 0 saturated heterocycles. The Labute approximate surface area is 119 Å². The summed E-state index contributed by atoms with van der Waals surface area (Å²) in [6, 6.07) is 13.2. The number of fused-ring (bicyclic) bond motifs is 1. The number of carbonyl (C=O) groups excluding carboxylic acids is 1. The molecule has 3 rings (SSSR count). The minimum Gasteiger partial charge on any atom is -0.497 e. The number of carbonyl (C=O) groups is 1. The molecule has 0 fully saturated rings. The highest BCUT2D eigenvalue weighted by atomic mass is 16.6. The maximum absolute atomic E-state index is 12.1. The molecule has 21 heavy (non-hydrogen) atoms. The van der Waals surface area contributed by atoms with Crippen LogP contribution in [-0.2, 0) is 0 Å². The van der Waals surface area contributed by atoms with Crippen molar-refractivity contribution in [3.8, 4) is 11.5 Å². The van der Waals surface area contributed by atoms with Crippen molar-refractivity contribution in [2.75, 3.05) is 7.11 Å². The summed E-state index contributed by atoms with van der Waals surface area (Å²) in [5, 5.41) is 0. The number of rotatable bonds is 2. The van der Waals surface area contributed by atoms with Crippen LogP contribution in [0.5, 0.6) is 11.5 Å². The molecule has 0 unspecified atom stereocenters. The molecule has 0 aliphatic heterocycles. The van der Waals surface area contributed by atoms with Crippen LogP contribution in [0.3, 0.4) is 0 Å². The lowest BCUT2D eigenvalue weighted by molar-refractivity contribution is 0.201. The molecule has 6 nitrogen and oxygen atoms in total. The Morgan fingerprint density at radius 1 is 1.10 bits per heavy atom. The van der Waals surface area contributed by atoms with E-state index in [-0.39, 0.29) is 5.58 Å². The minimum atomic E-state index is -0.824. The fraction of sp³-hybridized carbons (Fsp3) is 0.0667. The Bertz CT molecular complexity index is 847. The van der Waals surface area contributed by atoms with Crippen LogP contribution in [0, 0.1) is 0 Å². The Balaban J connectivity index is 2.02. The molecule has 1 aromatic heterocycles. The van der Waals surface area contributed by atoms with E-state index in [1.165, 1.54) is 13.2 Å². The van der Waals surface area contributed by atoms with E-state index >= 15 is 0 Å². The van der Waals surface area contributed by atoms with Crippen molar-refractivity contribution in [1.29, 1.82) is 0 Å². The van der Waals surface area contributed by atoms with E-state index < -0.39 is 11.8 Å². The van der Waals surface area contributed by atoms with E-state index in [1.54, 1.807) is 42.5 Å². The van der Waals surface area contributed by atoms with Crippen LogP contribution in [-0.4, -0.2) is 17.8 Å². The summed E-state index contributed by atoms with van der Waals surface area (Å²) in [7, 11) is 1.50. The molecule has 0 N–H and O–H groups in total. The molecule has 0 atom stereocenters. The quantitative estimate of drug-likeness (QED) is 0.724. The lowest BCUT2D eigenvalue weighted by atomic mass is 10.3. The van der Waals surface area contributed by atoms with Gasteiger partial charge in [0.25, 0.3) is 0 Å². The number of hydrogen-bond donors (Lipinski definition) is 0. The summed E-state index contributed by atoms with van der Waals surface area (Å²) in [5.74, 6) is 0.0660. The van der Waals surface area contributed by atoms with Crippen LogP contribution >= 0.6 is 0 Å². The number of ether oxygens (including phenoxy) is 2.